The molecule has 0 spiro atoms. The molecule has 2 aliphatic rings. The molecule has 4 heteroatoms. The molecule has 0 aliphatic carbocycles. The number of benzene rings is 1. The topological polar surface area (TPSA) is 12.5 Å². The summed E-state index contributed by atoms with van der Waals surface area (Å²) in [7, 11) is 0. The van der Waals surface area contributed by atoms with Crippen molar-refractivity contribution in [3.8, 4) is 0 Å². The van der Waals surface area contributed by atoms with Gasteiger partial charge in [-0.15, -0.1) is 0 Å². The maximum absolute atomic E-state index is 13.4. The Labute approximate surface area is 119 Å². The minimum atomic E-state index is -0.141. The molecule has 0 bridgehead atoms. The van der Waals surface area contributed by atoms with Crippen molar-refractivity contribution in [3.63, 3.8) is 0 Å². The molecular formula is C15H20FNOS. The van der Waals surface area contributed by atoms with Gasteiger partial charge in [0.1, 0.15) is 5.82 Å². The van der Waals surface area contributed by atoms with Gasteiger partial charge < -0.3 is 9.64 Å². The molecule has 104 valence electrons. The number of ether oxygens (including phenoxy) is 1. The molecule has 0 amide bonds. The Kier molecular flexibility index (Phi) is 3.72. The number of thiol groups is 1. The van der Waals surface area contributed by atoms with Crippen molar-refractivity contribution in [2.45, 2.75) is 19.3 Å². The van der Waals surface area contributed by atoms with Gasteiger partial charge >= 0.3 is 0 Å². The minimum Gasteiger partial charge on any atom is -0.381 e. The Bertz CT molecular complexity index is 459. The molecule has 2 nitrogen and oxygen atoms in total. The predicted octanol–water partition coefficient (Wildman–Crippen LogP) is 2.91. The first kappa shape index (κ1) is 13.3. The lowest BCUT2D eigenvalue weighted by Crippen LogP contribution is -2.42. The van der Waals surface area contributed by atoms with E-state index in [2.05, 4.69) is 17.5 Å². The molecule has 1 aromatic carbocycles. The standard InChI is InChI=1S/C15H20FNOS/c16-13-2-1-12-3-6-17(14(12)9-13)10-15(11-19)4-7-18-8-5-15/h1-2,9,19H,3-8,10-11H2. The molecule has 0 radical (unpaired) electrons. The van der Waals surface area contributed by atoms with Crippen molar-refractivity contribution in [1.82, 2.24) is 0 Å². The number of nitrogens with zero attached hydrogens (tertiary/aromatic N) is 1. The van der Waals surface area contributed by atoms with E-state index in [1.807, 2.05) is 6.07 Å². The van der Waals surface area contributed by atoms with Gasteiger partial charge in [-0.1, -0.05) is 6.07 Å². The number of fused-ring (bicyclic) bond motifs is 1. The quantitative estimate of drug-likeness (QED) is 0.855. The van der Waals surface area contributed by atoms with Gasteiger partial charge in [0.15, 0.2) is 0 Å². The Morgan fingerprint density at radius 3 is 2.84 bits per heavy atom. The molecule has 1 fully saturated rings. The van der Waals surface area contributed by atoms with Crippen molar-refractivity contribution in [3.05, 3.63) is 29.6 Å². The van der Waals surface area contributed by atoms with E-state index in [9.17, 15) is 4.39 Å². The Hall–Kier alpha value is -0.740. The monoisotopic (exact) mass is 281 g/mol. The first-order chi connectivity index (χ1) is 9.22. The normalized spacial score (nSPS) is 21.5. The number of hydrogen-bond donors (Lipinski definition) is 1. The van der Waals surface area contributed by atoms with E-state index in [4.69, 9.17) is 4.74 Å². The van der Waals surface area contributed by atoms with Crippen LogP contribution in [-0.2, 0) is 11.2 Å². The fraction of sp³-hybridized carbons (Fsp3) is 0.600. The molecule has 0 aromatic heterocycles. The zero-order valence-corrected chi connectivity index (χ0v) is 12.0. The third-order valence-electron chi connectivity index (χ3n) is 4.45. The van der Waals surface area contributed by atoms with E-state index in [0.29, 0.717) is 0 Å². The SMILES string of the molecule is Fc1ccc2c(c1)N(CC1(CS)CCOCC1)CC2. The maximum Gasteiger partial charge on any atom is 0.125 e. The van der Waals surface area contributed by atoms with Crippen LogP contribution in [0.3, 0.4) is 0 Å². The maximum atomic E-state index is 13.4. The number of rotatable bonds is 3. The van der Waals surface area contributed by atoms with E-state index < -0.39 is 0 Å². The lowest BCUT2D eigenvalue weighted by molar-refractivity contribution is 0.0298. The summed E-state index contributed by atoms with van der Waals surface area (Å²) < 4.78 is 18.9. The van der Waals surface area contributed by atoms with Gasteiger partial charge in [-0.3, -0.25) is 0 Å². The molecule has 1 saturated heterocycles. The lowest BCUT2D eigenvalue weighted by atomic mass is 9.81. The smallest absolute Gasteiger partial charge is 0.125 e. The van der Waals surface area contributed by atoms with Gasteiger partial charge in [0.25, 0.3) is 0 Å². The van der Waals surface area contributed by atoms with Gasteiger partial charge in [0, 0.05) is 37.4 Å². The average Bonchev–Trinajstić information content (AvgIpc) is 2.82. The van der Waals surface area contributed by atoms with Crippen molar-refractivity contribution in [1.29, 1.82) is 0 Å². The van der Waals surface area contributed by atoms with E-state index in [0.717, 1.165) is 57.0 Å². The minimum absolute atomic E-state index is 0.141. The molecule has 19 heavy (non-hydrogen) atoms. The second kappa shape index (κ2) is 5.33. The number of anilines is 1. The summed E-state index contributed by atoms with van der Waals surface area (Å²) >= 11 is 4.56. The summed E-state index contributed by atoms with van der Waals surface area (Å²) in [5.74, 6) is 0.731. The Morgan fingerprint density at radius 2 is 2.11 bits per heavy atom. The van der Waals surface area contributed by atoms with Gasteiger partial charge in [0.2, 0.25) is 0 Å². The summed E-state index contributed by atoms with van der Waals surface area (Å²) in [4.78, 5) is 2.33. The predicted molar refractivity (Wildman–Crippen MR) is 78.7 cm³/mol. The average molecular weight is 281 g/mol. The zero-order valence-electron chi connectivity index (χ0n) is 11.1. The highest BCUT2D eigenvalue weighted by Crippen LogP contribution is 2.37. The Balaban J connectivity index is 1.79. The fourth-order valence-electron chi connectivity index (χ4n) is 3.16. The van der Waals surface area contributed by atoms with Crippen LogP contribution in [0.25, 0.3) is 0 Å². The van der Waals surface area contributed by atoms with Crippen molar-refractivity contribution in [2.24, 2.45) is 5.41 Å². The highest BCUT2D eigenvalue weighted by Gasteiger charge is 2.35. The second-order valence-corrected chi connectivity index (χ2v) is 6.03. The van der Waals surface area contributed by atoms with Gasteiger partial charge in [-0.05, 0) is 42.7 Å². The molecule has 3 rings (SSSR count). The van der Waals surface area contributed by atoms with Crippen LogP contribution >= 0.6 is 12.6 Å². The number of hydrogen-bond acceptors (Lipinski definition) is 3. The largest absolute Gasteiger partial charge is 0.381 e. The van der Waals surface area contributed by atoms with Crippen molar-refractivity contribution < 1.29 is 9.13 Å². The number of halogens is 1. The van der Waals surface area contributed by atoms with Crippen LogP contribution in [0.2, 0.25) is 0 Å². The first-order valence-electron chi connectivity index (χ1n) is 6.94. The summed E-state index contributed by atoms with van der Waals surface area (Å²) in [6.45, 7) is 3.61. The zero-order chi connectivity index (χ0) is 13.3. The first-order valence-corrected chi connectivity index (χ1v) is 7.58. The highest BCUT2D eigenvalue weighted by atomic mass is 32.1. The van der Waals surface area contributed by atoms with Crippen LogP contribution in [0, 0.1) is 11.2 Å². The van der Waals surface area contributed by atoms with Crippen LogP contribution in [0.5, 0.6) is 0 Å². The van der Waals surface area contributed by atoms with E-state index in [1.165, 1.54) is 5.56 Å². The van der Waals surface area contributed by atoms with Gasteiger partial charge in [0.05, 0.1) is 0 Å². The van der Waals surface area contributed by atoms with Crippen molar-refractivity contribution in [2.75, 3.05) is 37.0 Å². The van der Waals surface area contributed by atoms with Crippen LogP contribution in [-0.4, -0.2) is 32.1 Å². The fourth-order valence-corrected chi connectivity index (χ4v) is 3.57. The molecule has 0 atom stereocenters. The summed E-state index contributed by atoms with van der Waals surface area (Å²) in [5.41, 5.74) is 2.56. The molecule has 2 heterocycles. The van der Waals surface area contributed by atoms with Crippen molar-refractivity contribution >= 4 is 18.3 Å². The molecule has 1 aromatic rings. The summed E-state index contributed by atoms with van der Waals surface area (Å²) in [6, 6.07) is 5.15. The van der Waals surface area contributed by atoms with E-state index >= 15 is 0 Å². The summed E-state index contributed by atoms with van der Waals surface area (Å²) in [6.07, 6.45) is 3.13. The van der Waals surface area contributed by atoms with E-state index in [1.54, 1.807) is 12.1 Å². The Morgan fingerprint density at radius 1 is 1.32 bits per heavy atom. The molecule has 0 saturated carbocycles. The van der Waals surface area contributed by atoms with Gasteiger partial charge in [-0.25, -0.2) is 4.39 Å². The van der Waals surface area contributed by atoms with Crippen LogP contribution < -0.4 is 4.90 Å². The second-order valence-electron chi connectivity index (χ2n) is 5.72. The third-order valence-corrected chi connectivity index (χ3v) is 5.13. The van der Waals surface area contributed by atoms with Crippen LogP contribution in [0.15, 0.2) is 18.2 Å². The highest BCUT2D eigenvalue weighted by molar-refractivity contribution is 7.80. The lowest BCUT2D eigenvalue weighted by Gasteiger charge is -2.39. The molecule has 2 aliphatic heterocycles. The van der Waals surface area contributed by atoms with Gasteiger partial charge in [-0.2, -0.15) is 12.6 Å². The molecule has 0 unspecified atom stereocenters. The third kappa shape index (κ3) is 2.61. The molecule has 0 N–H and O–H groups in total. The summed E-state index contributed by atoms with van der Waals surface area (Å²) in [5, 5.41) is 0. The molecular weight excluding hydrogens is 261 g/mol. The van der Waals surface area contributed by atoms with Crippen LogP contribution in [0.1, 0.15) is 18.4 Å². The van der Waals surface area contributed by atoms with Crippen LogP contribution in [0.4, 0.5) is 10.1 Å². The van der Waals surface area contributed by atoms with E-state index in [-0.39, 0.29) is 11.2 Å².